The molecule has 4 heteroatoms. The van der Waals surface area contributed by atoms with E-state index < -0.39 is 12.2 Å². The molecule has 0 heterocycles. The summed E-state index contributed by atoms with van der Waals surface area (Å²) < 4.78 is 0. The van der Waals surface area contributed by atoms with Crippen molar-refractivity contribution in [1.29, 1.82) is 0 Å². The Bertz CT molecular complexity index is 441. The van der Waals surface area contributed by atoms with Crippen LogP contribution in [0.1, 0.15) is 35.6 Å². The first-order chi connectivity index (χ1) is 8.61. The number of benzene rings is 1. The smallest absolute Gasteiger partial charge is 0.137 e. The zero-order chi connectivity index (χ0) is 13.1. The largest absolute Gasteiger partial charge is 0.396 e. The van der Waals surface area contributed by atoms with E-state index in [1.807, 2.05) is 12.1 Å². The summed E-state index contributed by atoms with van der Waals surface area (Å²) in [6, 6.07) is 5.44. The molecule has 0 fully saturated rings. The molecule has 0 saturated heterocycles. The average Bonchev–Trinajstić information content (AvgIpc) is 2.37. The van der Waals surface area contributed by atoms with Gasteiger partial charge in [-0.05, 0) is 29.5 Å². The Balaban J connectivity index is 2.18. The molecule has 18 heavy (non-hydrogen) atoms. The fourth-order valence-corrected chi connectivity index (χ4v) is 2.32. The van der Waals surface area contributed by atoms with E-state index in [0.717, 1.165) is 11.1 Å². The van der Waals surface area contributed by atoms with Crippen molar-refractivity contribution in [3.05, 3.63) is 34.9 Å². The zero-order valence-electron chi connectivity index (χ0n) is 10.2. The molecule has 0 aromatic heterocycles. The van der Waals surface area contributed by atoms with Crippen molar-refractivity contribution < 1.29 is 20.1 Å². The third-order valence-corrected chi connectivity index (χ3v) is 3.42. The summed E-state index contributed by atoms with van der Waals surface area (Å²) in [5, 5.41) is 28.3. The highest BCUT2D eigenvalue weighted by Crippen LogP contribution is 2.25. The fraction of sp³-hybridized carbons (Fsp3) is 0.500. The summed E-state index contributed by atoms with van der Waals surface area (Å²) in [7, 11) is 0. The van der Waals surface area contributed by atoms with Gasteiger partial charge in [0.25, 0.3) is 0 Å². The first-order valence-corrected chi connectivity index (χ1v) is 6.22. The summed E-state index contributed by atoms with van der Waals surface area (Å²) in [5.74, 6) is 0.246. The van der Waals surface area contributed by atoms with Gasteiger partial charge in [-0.1, -0.05) is 18.2 Å². The Morgan fingerprint density at radius 3 is 2.67 bits per heavy atom. The first-order valence-electron chi connectivity index (χ1n) is 6.22. The minimum Gasteiger partial charge on any atom is -0.396 e. The lowest BCUT2D eigenvalue weighted by Gasteiger charge is -2.21. The minimum absolute atomic E-state index is 0.150. The molecule has 0 amide bonds. The molecule has 1 aliphatic rings. The second-order valence-corrected chi connectivity index (χ2v) is 4.77. The van der Waals surface area contributed by atoms with Gasteiger partial charge in [-0.2, -0.15) is 0 Å². The molecule has 4 nitrogen and oxygen atoms in total. The SMILES string of the molecule is O=C1CCc2cc(C(O)C(O)CCO)ccc2C1. The van der Waals surface area contributed by atoms with Crippen molar-refractivity contribution in [3.63, 3.8) is 0 Å². The van der Waals surface area contributed by atoms with Crippen molar-refractivity contribution in [2.75, 3.05) is 6.61 Å². The standard InChI is InChI=1S/C14H18O4/c15-6-5-13(17)14(18)11-2-1-10-8-12(16)4-3-9(10)7-11/h1-2,7,13-15,17-18H,3-6,8H2. The van der Waals surface area contributed by atoms with Gasteiger partial charge >= 0.3 is 0 Å². The van der Waals surface area contributed by atoms with Crippen molar-refractivity contribution in [2.45, 2.75) is 37.9 Å². The molecule has 0 radical (unpaired) electrons. The number of aliphatic hydroxyl groups excluding tert-OH is 3. The number of aryl methyl sites for hydroxylation is 1. The van der Waals surface area contributed by atoms with E-state index >= 15 is 0 Å². The molecule has 0 bridgehead atoms. The number of hydrogen-bond donors (Lipinski definition) is 3. The first kappa shape index (κ1) is 13.2. The van der Waals surface area contributed by atoms with Gasteiger partial charge in [0.1, 0.15) is 11.9 Å². The van der Waals surface area contributed by atoms with Gasteiger partial charge in [0.05, 0.1) is 6.10 Å². The van der Waals surface area contributed by atoms with E-state index in [4.69, 9.17) is 5.11 Å². The molecule has 1 aromatic rings. The van der Waals surface area contributed by atoms with E-state index in [1.165, 1.54) is 0 Å². The number of fused-ring (bicyclic) bond motifs is 1. The number of aliphatic hydroxyl groups is 3. The van der Waals surface area contributed by atoms with E-state index in [2.05, 4.69) is 0 Å². The van der Waals surface area contributed by atoms with Crippen LogP contribution < -0.4 is 0 Å². The van der Waals surface area contributed by atoms with Crippen LogP contribution in [0.15, 0.2) is 18.2 Å². The third kappa shape index (κ3) is 2.77. The average molecular weight is 250 g/mol. The summed E-state index contributed by atoms with van der Waals surface area (Å²) in [6.07, 6.45) is -0.0866. The highest BCUT2D eigenvalue weighted by atomic mass is 16.3. The monoisotopic (exact) mass is 250 g/mol. The van der Waals surface area contributed by atoms with Gasteiger partial charge in [0.15, 0.2) is 0 Å². The molecule has 2 unspecified atom stereocenters. The zero-order valence-corrected chi connectivity index (χ0v) is 10.2. The maximum Gasteiger partial charge on any atom is 0.137 e. The summed E-state index contributed by atoms with van der Waals surface area (Å²) >= 11 is 0. The molecule has 0 aliphatic heterocycles. The Morgan fingerprint density at radius 2 is 1.94 bits per heavy atom. The van der Waals surface area contributed by atoms with Crippen molar-refractivity contribution in [2.24, 2.45) is 0 Å². The summed E-state index contributed by atoms with van der Waals surface area (Å²) in [5.41, 5.74) is 2.73. The minimum atomic E-state index is -0.986. The molecule has 3 N–H and O–H groups in total. The van der Waals surface area contributed by atoms with Gasteiger partial charge in [0, 0.05) is 19.4 Å². The lowest BCUT2D eigenvalue weighted by atomic mass is 9.88. The van der Waals surface area contributed by atoms with Crippen LogP contribution in [0.3, 0.4) is 0 Å². The van der Waals surface area contributed by atoms with Crippen LogP contribution in [0.2, 0.25) is 0 Å². The molecule has 98 valence electrons. The van der Waals surface area contributed by atoms with E-state index in [9.17, 15) is 15.0 Å². The maximum atomic E-state index is 11.3. The molecule has 2 rings (SSSR count). The molecule has 0 saturated carbocycles. The lowest BCUT2D eigenvalue weighted by molar-refractivity contribution is -0.118. The van der Waals surface area contributed by atoms with Crippen molar-refractivity contribution in [3.8, 4) is 0 Å². The fourth-order valence-electron chi connectivity index (χ4n) is 2.32. The van der Waals surface area contributed by atoms with Gasteiger partial charge in [-0.25, -0.2) is 0 Å². The highest BCUT2D eigenvalue weighted by Gasteiger charge is 2.21. The maximum absolute atomic E-state index is 11.3. The predicted molar refractivity (Wildman–Crippen MR) is 66.1 cm³/mol. The molecular weight excluding hydrogens is 232 g/mol. The van der Waals surface area contributed by atoms with E-state index in [0.29, 0.717) is 24.8 Å². The van der Waals surface area contributed by atoms with Crippen LogP contribution in [-0.2, 0) is 17.6 Å². The van der Waals surface area contributed by atoms with Crippen molar-refractivity contribution in [1.82, 2.24) is 0 Å². The Kier molecular flexibility index (Phi) is 4.11. The summed E-state index contributed by atoms with van der Waals surface area (Å²) in [4.78, 5) is 11.3. The summed E-state index contributed by atoms with van der Waals surface area (Å²) in [6.45, 7) is -0.155. The Labute approximate surface area is 106 Å². The van der Waals surface area contributed by atoms with Crippen LogP contribution in [0, 0.1) is 0 Å². The second kappa shape index (κ2) is 5.61. The number of hydrogen-bond acceptors (Lipinski definition) is 4. The van der Waals surface area contributed by atoms with E-state index in [1.54, 1.807) is 6.07 Å². The highest BCUT2D eigenvalue weighted by molar-refractivity contribution is 5.83. The number of Topliss-reactive ketones (excluding diaryl/α,β-unsaturated/α-hetero) is 1. The third-order valence-electron chi connectivity index (χ3n) is 3.42. The topological polar surface area (TPSA) is 77.8 Å². The van der Waals surface area contributed by atoms with Crippen LogP contribution >= 0.6 is 0 Å². The molecule has 2 atom stereocenters. The molecule has 0 spiro atoms. The second-order valence-electron chi connectivity index (χ2n) is 4.77. The molecule has 1 aliphatic carbocycles. The van der Waals surface area contributed by atoms with Crippen LogP contribution in [0.5, 0.6) is 0 Å². The van der Waals surface area contributed by atoms with Crippen LogP contribution in [0.4, 0.5) is 0 Å². The molecular formula is C14H18O4. The van der Waals surface area contributed by atoms with Gasteiger partial charge in [-0.3, -0.25) is 4.79 Å². The number of ketones is 1. The number of rotatable bonds is 4. The Hall–Kier alpha value is -1.23. The Morgan fingerprint density at radius 1 is 1.17 bits per heavy atom. The normalized spacial score (nSPS) is 18.3. The number of carbonyl (C=O) groups is 1. The van der Waals surface area contributed by atoms with E-state index in [-0.39, 0.29) is 18.8 Å². The molecule has 1 aromatic carbocycles. The van der Waals surface area contributed by atoms with Gasteiger partial charge in [-0.15, -0.1) is 0 Å². The number of carbonyl (C=O) groups excluding carboxylic acids is 1. The van der Waals surface area contributed by atoms with Crippen molar-refractivity contribution >= 4 is 5.78 Å². The van der Waals surface area contributed by atoms with Crippen LogP contribution in [0.25, 0.3) is 0 Å². The predicted octanol–water partition coefficient (Wildman–Crippen LogP) is 0.521. The van der Waals surface area contributed by atoms with Crippen LogP contribution in [-0.4, -0.2) is 33.8 Å². The quantitative estimate of drug-likeness (QED) is 0.728. The van der Waals surface area contributed by atoms with Gasteiger partial charge < -0.3 is 15.3 Å². The lowest BCUT2D eigenvalue weighted by Crippen LogP contribution is -2.20. The van der Waals surface area contributed by atoms with Gasteiger partial charge in [0.2, 0.25) is 0 Å².